The van der Waals surface area contributed by atoms with Crippen molar-refractivity contribution < 1.29 is 0 Å². The molecule has 4 nitrogen and oxygen atoms in total. The molecule has 0 saturated carbocycles. The largest absolute Gasteiger partial charge is 0.358 e. The summed E-state index contributed by atoms with van der Waals surface area (Å²) in [6.45, 7) is 6.26. The van der Waals surface area contributed by atoms with E-state index < -0.39 is 0 Å². The Labute approximate surface area is 136 Å². The van der Waals surface area contributed by atoms with Crippen LogP contribution >= 0.6 is 0 Å². The van der Waals surface area contributed by atoms with Crippen molar-refractivity contribution in [3.63, 3.8) is 0 Å². The molecule has 0 spiro atoms. The summed E-state index contributed by atoms with van der Waals surface area (Å²) in [6.07, 6.45) is 14.4. The van der Waals surface area contributed by atoms with Crippen LogP contribution in [0.15, 0.2) is 4.99 Å². The molecule has 0 aliphatic carbocycles. The van der Waals surface area contributed by atoms with E-state index in [1.165, 1.54) is 51.4 Å². The van der Waals surface area contributed by atoms with E-state index in [0.29, 0.717) is 5.84 Å². The van der Waals surface area contributed by atoms with Gasteiger partial charge in [-0.25, -0.2) is 0 Å². The van der Waals surface area contributed by atoms with E-state index in [1.54, 1.807) is 0 Å². The number of rotatable bonds is 13. The smallest absolute Gasteiger partial charge is 0.207 e. The van der Waals surface area contributed by atoms with Crippen molar-refractivity contribution in [2.45, 2.75) is 84.5 Å². The minimum absolute atomic E-state index is 0.233. The molecule has 0 N–H and O–H groups in total. The molecule has 0 radical (unpaired) electrons. The fraction of sp³-hybridized carbons (Fsp3) is 0.833. The lowest BCUT2D eigenvalue weighted by Crippen LogP contribution is -2.32. The normalized spacial score (nSPS) is 11.0. The molecule has 0 aliphatic rings. The van der Waals surface area contributed by atoms with Gasteiger partial charge in [-0.3, -0.25) is 0 Å². The maximum atomic E-state index is 8.92. The Hall–Kier alpha value is -1.55. The predicted octanol–water partition coefficient (Wildman–Crippen LogP) is 5.02. The molecule has 0 rings (SSSR count). The lowest BCUT2D eigenvalue weighted by Gasteiger charge is -2.24. The monoisotopic (exact) mass is 304 g/mol. The number of aliphatic imine (C=N–C) groups is 1. The molecular formula is C18H32N4. The summed E-state index contributed by atoms with van der Waals surface area (Å²) in [4.78, 5) is 6.02. The zero-order chi connectivity index (χ0) is 16.5. The number of nitrogens with zero attached hydrogens (tertiary/aromatic N) is 4. The van der Waals surface area contributed by atoms with Crippen molar-refractivity contribution in [2.24, 2.45) is 4.99 Å². The van der Waals surface area contributed by atoms with Gasteiger partial charge in [-0.05, 0) is 12.8 Å². The van der Waals surface area contributed by atoms with Crippen molar-refractivity contribution in [3.8, 4) is 12.3 Å². The molecule has 0 fully saturated rings. The molecule has 0 amide bonds. The predicted molar refractivity (Wildman–Crippen MR) is 92.4 cm³/mol. The van der Waals surface area contributed by atoms with Crippen LogP contribution in [-0.2, 0) is 0 Å². The lowest BCUT2D eigenvalue weighted by molar-refractivity contribution is 0.381. The highest BCUT2D eigenvalue weighted by molar-refractivity contribution is 5.84. The Morgan fingerprint density at radius 3 is 1.82 bits per heavy atom. The van der Waals surface area contributed by atoms with Crippen LogP contribution in [0.1, 0.15) is 84.5 Å². The van der Waals surface area contributed by atoms with Gasteiger partial charge in [0, 0.05) is 13.1 Å². The highest BCUT2D eigenvalue weighted by Crippen LogP contribution is 2.09. The Balaban J connectivity index is 4.29. The summed E-state index contributed by atoms with van der Waals surface area (Å²) in [5, 5.41) is 17.7. The van der Waals surface area contributed by atoms with Crippen LogP contribution < -0.4 is 0 Å². The molecule has 0 aromatic rings. The minimum atomic E-state index is 0.233. The second-order valence-electron chi connectivity index (χ2n) is 5.78. The summed E-state index contributed by atoms with van der Waals surface area (Å²) in [5.41, 5.74) is 0. The quantitative estimate of drug-likeness (QED) is 0.208. The number of hydrogen-bond donors (Lipinski definition) is 0. The zero-order valence-corrected chi connectivity index (χ0v) is 14.5. The van der Waals surface area contributed by atoms with Crippen LogP contribution in [0.3, 0.4) is 0 Å². The molecule has 22 heavy (non-hydrogen) atoms. The zero-order valence-electron chi connectivity index (χ0n) is 14.5. The molecule has 0 heterocycles. The molecule has 0 bridgehead atoms. The molecule has 0 atom stereocenters. The van der Waals surface area contributed by atoms with Crippen LogP contribution in [0, 0.1) is 22.8 Å². The lowest BCUT2D eigenvalue weighted by atomic mass is 10.1. The van der Waals surface area contributed by atoms with E-state index >= 15 is 0 Å². The summed E-state index contributed by atoms with van der Waals surface area (Å²) in [6, 6.07) is 2.13. The van der Waals surface area contributed by atoms with Crippen LogP contribution in [-0.4, -0.2) is 23.8 Å². The molecule has 0 aromatic carbocycles. The highest BCUT2D eigenvalue weighted by atomic mass is 15.2. The third-order valence-electron chi connectivity index (χ3n) is 3.84. The van der Waals surface area contributed by atoms with Gasteiger partial charge >= 0.3 is 0 Å². The van der Waals surface area contributed by atoms with Gasteiger partial charge < -0.3 is 4.90 Å². The van der Waals surface area contributed by atoms with Gasteiger partial charge in [0.2, 0.25) is 6.19 Å². The van der Waals surface area contributed by atoms with E-state index in [4.69, 9.17) is 10.5 Å². The van der Waals surface area contributed by atoms with Crippen LogP contribution in [0.4, 0.5) is 0 Å². The fourth-order valence-electron chi connectivity index (χ4n) is 2.53. The van der Waals surface area contributed by atoms with Crippen LogP contribution in [0.2, 0.25) is 0 Å². The van der Waals surface area contributed by atoms with Crippen LogP contribution in [0.5, 0.6) is 0 Å². The van der Waals surface area contributed by atoms with E-state index in [9.17, 15) is 0 Å². The van der Waals surface area contributed by atoms with Gasteiger partial charge in [0.25, 0.3) is 0 Å². The first-order valence-corrected chi connectivity index (χ1v) is 8.87. The number of nitriles is 2. The minimum Gasteiger partial charge on any atom is -0.358 e. The molecule has 4 heteroatoms. The van der Waals surface area contributed by atoms with Gasteiger partial charge in [0.15, 0.2) is 0 Å². The van der Waals surface area contributed by atoms with Gasteiger partial charge in [-0.2, -0.15) is 15.5 Å². The maximum Gasteiger partial charge on any atom is 0.207 e. The number of hydrogen-bond acceptors (Lipinski definition) is 3. The SMILES string of the molecule is CCCCCCCCN(CCCCCC)/C(CC#N)=N/C#N. The Morgan fingerprint density at radius 2 is 1.32 bits per heavy atom. The standard InChI is InChI=1S/C18H32N4/c1-3-5-7-9-10-12-16-22(15-11-8-6-4-2)18(13-14-19)21-17-20/h3-13,15-16H2,1-2H3/b21-18+. The Kier molecular flexibility index (Phi) is 14.7. The Bertz CT molecular complexity index is 362. The first-order valence-electron chi connectivity index (χ1n) is 8.87. The van der Waals surface area contributed by atoms with Crippen molar-refractivity contribution in [1.29, 1.82) is 10.5 Å². The first kappa shape index (κ1) is 20.5. The highest BCUT2D eigenvalue weighted by Gasteiger charge is 2.11. The molecular weight excluding hydrogens is 272 g/mol. The van der Waals surface area contributed by atoms with Gasteiger partial charge in [0.05, 0.1) is 12.5 Å². The maximum absolute atomic E-state index is 8.92. The topological polar surface area (TPSA) is 63.2 Å². The molecule has 0 unspecified atom stereocenters. The average molecular weight is 304 g/mol. The van der Waals surface area contributed by atoms with Crippen molar-refractivity contribution in [3.05, 3.63) is 0 Å². The summed E-state index contributed by atoms with van der Waals surface area (Å²) in [5.74, 6) is 0.648. The van der Waals surface area contributed by atoms with Crippen molar-refractivity contribution in [1.82, 2.24) is 4.90 Å². The van der Waals surface area contributed by atoms with E-state index in [1.807, 2.05) is 6.19 Å². The molecule has 124 valence electrons. The van der Waals surface area contributed by atoms with Gasteiger partial charge in [-0.15, -0.1) is 0 Å². The van der Waals surface area contributed by atoms with Crippen molar-refractivity contribution in [2.75, 3.05) is 13.1 Å². The van der Waals surface area contributed by atoms with Crippen molar-refractivity contribution >= 4 is 5.84 Å². The molecule has 0 saturated heterocycles. The molecule has 0 aromatic heterocycles. The number of amidine groups is 1. The van der Waals surface area contributed by atoms with Crippen LogP contribution in [0.25, 0.3) is 0 Å². The Morgan fingerprint density at radius 1 is 0.818 bits per heavy atom. The van der Waals surface area contributed by atoms with Gasteiger partial charge in [0.1, 0.15) is 5.84 Å². The fourth-order valence-corrected chi connectivity index (χ4v) is 2.53. The number of unbranched alkanes of at least 4 members (excludes halogenated alkanes) is 8. The third-order valence-corrected chi connectivity index (χ3v) is 3.84. The van der Waals surface area contributed by atoms with Gasteiger partial charge in [-0.1, -0.05) is 65.2 Å². The third kappa shape index (κ3) is 11.1. The van der Waals surface area contributed by atoms with E-state index in [-0.39, 0.29) is 6.42 Å². The average Bonchev–Trinajstić information content (AvgIpc) is 2.52. The summed E-state index contributed by atoms with van der Waals surface area (Å²) < 4.78 is 0. The second-order valence-corrected chi connectivity index (χ2v) is 5.78. The van der Waals surface area contributed by atoms with E-state index in [2.05, 4.69) is 29.8 Å². The summed E-state index contributed by atoms with van der Waals surface area (Å²) in [7, 11) is 0. The first-order chi connectivity index (χ1) is 10.8. The van der Waals surface area contributed by atoms with E-state index in [0.717, 1.165) is 25.9 Å². The second kappa shape index (κ2) is 15.8. The summed E-state index contributed by atoms with van der Waals surface area (Å²) >= 11 is 0. The molecule has 0 aliphatic heterocycles.